The van der Waals surface area contributed by atoms with Crippen molar-refractivity contribution >= 4 is 30.5 Å². The molecule has 0 N–H and O–H groups in total. The van der Waals surface area contributed by atoms with Gasteiger partial charge >= 0.3 is 0 Å². The van der Waals surface area contributed by atoms with Crippen LogP contribution in [0, 0.1) is 0 Å². The first-order chi connectivity index (χ1) is 5.77. The van der Waals surface area contributed by atoms with Crippen LogP contribution in [0.2, 0.25) is 0 Å². The monoisotopic (exact) mass is 194 g/mol. The molecule has 1 unspecified atom stereocenters. The lowest BCUT2D eigenvalue weighted by atomic mass is 10.1. The second-order valence-electron chi connectivity index (χ2n) is 2.90. The molecule has 0 amide bonds. The van der Waals surface area contributed by atoms with Crippen LogP contribution >= 0.6 is 24.4 Å². The van der Waals surface area contributed by atoms with Crippen molar-refractivity contribution in [3.63, 3.8) is 0 Å². The molecule has 1 aliphatic rings. The minimum absolute atomic E-state index is 0.333. The van der Waals surface area contributed by atoms with Gasteiger partial charge in [0.2, 0.25) is 0 Å². The van der Waals surface area contributed by atoms with Crippen molar-refractivity contribution in [1.29, 1.82) is 0 Å². The van der Waals surface area contributed by atoms with E-state index in [2.05, 4.69) is 49.9 Å². The molecule has 1 heterocycles. The lowest BCUT2D eigenvalue weighted by Crippen LogP contribution is -2.00. The zero-order valence-electron chi connectivity index (χ0n) is 6.82. The maximum Gasteiger partial charge on any atom is 0.0729 e. The lowest BCUT2D eigenvalue weighted by Gasteiger charge is -2.18. The summed E-state index contributed by atoms with van der Waals surface area (Å²) in [7, 11) is 0. The molecule has 1 atom stereocenters. The molecule has 0 saturated carbocycles. The van der Waals surface area contributed by atoms with Gasteiger partial charge in [0.25, 0.3) is 0 Å². The highest BCUT2D eigenvalue weighted by Crippen LogP contribution is 2.38. The molecule has 0 spiro atoms. The maximum atomic E-state index is 4.48. The zero-order chi connectivity index (χ0) is 8.55. The average Bonchev–Trinajstić information content (AvgIpc) is 2.07. The van der Waals surface area contributed by atoms with Crippen molar-refractivity contribution in [2.24, 2.45) is 0 Å². The van der Waals surface area contributed by atoms with Crippen LogP contribution in [0.5, 0.6) is 0 Å². The number of hydrogen-bond acceptors (Lipinski definition) is 2. The van der Waals surface area contributed by atoms with E-state index in [9.17, 15) is 0 Å². The summed E-state index contributed by atoms with van der Waals surface area (Å²) in [5, 5.41) is 0. The third-order valence-electron chi connectivity index (χ3n) is 1.93. The smallest absolute Gasteiger partial charge is 0.0729 e. The van der Waals surface area contributed by atoms with E-state index in [1.165, 1.54) is 16.0 Å². The van der Waals surface area contributed by atoms with Gasteiger partial charge in [-0.15, -0.1) is 11.8 Å². The Bertz CT molecular complexity index is 328. The number of benzene rings is 1. The number of rotatable bonds is 0. The van der Waals surface area contributed by atoms with Crippen LogP contribution in [0.4, 0.5) is 0 Å². The Hall–Kier alpha value is -0.340. The van der Waals surface area contributed by atoms with Crippen LogP contribution < -0.4 is 0 Å². The Morgan fingerprint density at radius 2 is 2.08 bits per heavy atom. The molecule has 0 radical (unpaired) electrons. The summed E-state index contributed by atoms with van der Waals surface area (Å²) < 4.78 is 0.333. The summed E-state index contributed by atoms with van der Waals surface area (Å²) in [6.45, 7) is 2.13. The third kappa shape index (κ3) is 1.41. The van der Waals surface area contributed by atoms with Gasteiger partial charge in [-0.1, -0.05) is 24.3 Å². The number of hydrogen-bond donors (Lipinski definition) is 1. The zero-order valence-corrected chi connectivity index (χ0v) is 8.53. The van der Waals surface area contributed by atoms with Gasteiger partial charge in [-0.2, -0.15) is 12.6 Å². The quantitative estimate of drug-likeness (QED) is 0.617. The minimum Gasteiger partial charge on any atom is -0.160 e. The molecule has 0 saturated heterocycles. The van der Waals surface area contributed by atoms with Gasteiger partial charge < -0.3 is 0 Å². The second-order valence-corrected chi connectivity index (χ2v) is 4.91. The van der Waals surface area contributed by atoms with E-state index in [4.69, 9.17) is 0 Å². The first-order valence-electron chi connectivity index (χ1n) is 3.89. The summed E-state index contributed by atoms with van der Waals surface area (Å²) in [6.07, 6.45) is 2.21. The Morgan fingerprint density at radius 1 is 1.33 bits per heavy atom. The Morgan fingerprint density at radius 3 is 2.92 bits per heavy atom. The molecule has 0 aromatic heterocycles. The first kappa shape index (κ1) is 8.27. The van der Waals surface area contributed by atoms with Crippen LogP contribution in [0.25, 0.3) is 6.08 Å². The van der Waals surface area contributed by atoms with E-state index in [0.717, 1.165) is 0 Å². The maximum absolute atomic E-state index is 4.48. The van der Waals surface area contributed by atoms with E-state index < -0.39 is 0 Å². The van der Waals surface area contributed by atoms with Gasteiger partial charge in [-0.05, 0) is 24.1 Å². The standard InChI is InChI=1S/C10H10S2/c1-7-6-8-4-2-3-5-9(8)12-10(7)11/h2-6,10-11H,1H3. The molecule has 1 aliphatic heterocycles. The van der Waals surface area contributed by atoms with Gasteiger partial charge in [0.05, 0.1) is 4.58 Å². The number of thioether (sulfide) groups is 1. The van der Waals surface area contributed by atoms with Crippen molar-refractivity contribution < 1.29 is 0 Å². The van der Waals surface area contributed by atoms with Gasteiger partial charge in [0.1, 0.15) is 0 Å². The molecule has 0 nitrogen and oxygen atoms in total. The summed E-state index contributed by atoms with van der Waals surface area (Å²) in [6, 6.07) is 8.43. The molecular weight excluding hydrogens is 184 g/mol. The van der Waals surface area contributed by atoms with Crippen molar-refractivity contribution in [2.45, 2.75) is 16.4 Å². The fourth-order valence-corrected chi connectivity index (χ4v) is 2.57. The highest BCUT2D eigenvalue weighted by atomic mass is 32.2. The first-order valence-corrected chi connectivity index (χ1v) is 5.29. The molecule has 1 aromatic carbocycles. The van der Waals surface area contributed by atoms with E-state index in [-0.39, 0.29) is 0 Å². The predicted molar refractivity (Wildman–Crippen MR) is 58.7 cm³/mol. The molecule has 2 heteroatoms. The SMILES string of the molecule is CC1=Cc2ccccc2SC1S. The topological polar surface area (TPSA) is 0 Å². The van der Waals surface area contributed by atoms with E-state index >= 15 is 0 Å². The molecule has 0 aliphatic carbocycles. The third-order valence-corrected chi connectivity index (χ3v) is 3.87. The molecule has 62 valence electrons. The van der Waals surface area contributed by atoms with E-state index in [1.54, 1.807) is 0 Å². The van der Waals surface area contributed by atoms with Crippen molar-refractivity contribution in [1.82, 2.24) is 0 Å². The fraction of sp³-hybridized carbons (Fsp3) is 0.200. The van der Waals surface area contributed by atoms with Crippen LogP contribution in [-0.2, 0) is 0 Å². The second kappa shape index (κ2) is 3.19. The van der Waals surface area contributed by atoms with Gasteiger partial charge in [-0.3, -0.25) is 0 Å². The van der Waals surface area contributed by atoms with Crippen molar-refractivity contribution in [3.05, 3.63) is 35.4 Å². The summed E-state index contributed by atoms with van der Waals surface area (Å²) in [5.74, 6) is 0. The Kier molecular flexibility index (Phi) is 2.20. The highest BCUT2D eigenvalue weighted by molar-refractivity contribution is 8.10. The molecule has 0 fully saturated rings. The highest BCUT2D eigenvalue weighted by Gasteiger charge is 2.14. The van der Waals surface area contributed by atoms with Gasteiger partial charge in [-0.25, -0.2) is 0 Å². The largest absolute Gasteiger partial charge is 0.160 e. The molecule has 1 aromatic rings. The van der Waals surface area contributed by atoms with Crippen molar-refractivity contribution in [2.75, 3.05) is 0 Å². The number of thiol groups is 1. The Labute approximate surface area is 82.5 Å². The fourth-order valence-electron chi connectivity index (χ4n) is 1.24. The predicted octanol–water partition coefficient (Wildman–Crippen LogP) is 3.45. The molecule has 2 rings (SSSR count). The van der Waals surface area contributed by atoms with Gasteiger partial charge in [0, 0.05) is 4.90 Å². The molecular formula is C10H10S2. The van der Waals surface area contributed by atoms with Crippen molar-refractivity contribution in [3.8, 4) is 0 Å². The molecule has 12 heavy (non-hydrogen) atoms. The summed E-state index contributed by atoms with van der Waals surface area (Å²) >= 11 is 6.29. The molecule has 0 bridgehead atoms. The van der Waals surface area contributed by atoms with Crippen LogP contribution in [-0.4, -0.2) is 4.58 Å². The normalized spacial score (nSPS) is 21.5. The Balaban J connectivity index is 2.49. The van der Waals surface area contributed by atoms with Crippen LogP contribution in [0.3, 0.4) is 0 Å². The lowest BCUT2D eigenvalue weighted by molar-refractivity contribution is 1.30. The van der Waals surface area contributed by atoms with E-state index in [1.807, 2.05) is 11.8 Å². The summed E-state index contributed by atoms with van der Waals surface area (Å²) in [5.41, 5.74) is 2.66. The van der Waals surface area contributed by atoms with Gasteiger partial charge in [0.15, 0.2) is 0 Å². The summed E-state index contributed by atoms with van der Waals surface area (Å²) in [4.78, 5) is 1.34. The van der Waals surface area contributed by atoms with Crippen LogP contribution in [0.1, 0.15) is 12.5 Å². The minimum atomic E-state index is 0.333. The van der Waals surface area contributed by atoms with E-state index in [0.29, 0.717) is 4.58 Å². The number of fused-ring (bicyclic) bond motifs is 1. The average molecular weight is 194 g/mol. The van der Waals surface area contributed by atoms with Crippen LogP contribution in [0.15, 0.2) is 34.7 Å².